The molecular weight excluding hydrogens is 574 g/mol. The molecule has 0 saturated heterocycles. The lowest BCUT2D eigenvalue weighted by Gasteiger charge is -2.27. The van der Waals surface area contributed by atoms with E-state index < -0.39 is 36.9 Å². The van der Waals surface area contributed by atoms with Gasteiger partial charge in [-0.3, -0.25) is 4.79 Å². The van der Waals surface area contributed by atoms with Gasteiger partial charge in [0.25, 0.3) is 0 Å². The van der Waals surface area contributed by atoms with E-state index in [-0.39, 0.29) is 0 Å². The van der Waals surface area contributed by atoms with Crippen LogP contribution in [0, 0.1) is 0 Å². The van der Waals surface area contributed by atoms with Gasteiger partial charge >= 0.3 is 0 Å². The Morgan fingerprint density at radius 2 is 0.739 bits per heavy atom. The van der Waals surface area contributed by atoms with Crippen molar-refractivity contribution in [3.05, 3.63) is 0 Å². The van der Waals surface area contributed by atoms with Crippen LogP contribution >= 0.6 is 0 Å². The Morgan fingerprint density at radius 3 is 1.04 bits per heavy atom. The lowest BCUT2D eigenvalue weighted by Crippen LogP contribution is -2.53. The molecule has 0 aliphatic heterocycles. The lowest BCUT2D eigenvalue weighted by atomic mass is 9.99. The number of nitrogens with one attached hydrogen (secondary N) is 1. The molecule has 46 heavy (non-hydrogen) atoms. The summed E-state index contributed by atoms with van der Waals surface area (Å²) in [6.07, 6.45) is 35.5. The van der Waals surface area contributed by atoms with Gasteiger partial charge < -0.3 is 25.7 Å². The monoisotopic (exact) mass is 656 g/mol. The van der Waals surface area contributed by atoms with E-state index in [1.807, 2.05) is 0 Å². The van der Waals surface area contributed by atoms with Crippen molar-refractivity contribution in [2.75, 3.05) is 6.61 Å². The van der Waals surface area contributed by atoms with Gasteiger partial charge in [-0.25, -0.2) is 0 Å². The van der Waals surface area contributed by atoms with E-state index in [4.69, 9.17) is 0 Å². The molecule has 0 aromatic carbocycles. The highest BCUT2D eigenvalue weighted by atomic mass is 16.3. The van der Waals surface area contributed by atoms with Crippen molar-refractivity contribution in [2.45, 2.75) is 244 Å². The van der Waals surface area contributed by atoms with E-state index >= 15 is 0 Å². The van der Waals surface area contributed by atoms with Crippen LogP contribution in [0.2, 0.25) is 0 Å². The topological polar surface area (TPSA) is 110 Å². The molecule has 4 unspecified atom stereocenters. The van der Waals surface area contributed by atoms with Crippen molar-refractivity contribution in [1.82, 2.24) is 5.32 Å². The summed E-state index contributed by atoms with van der Waals surface area (Å²) in [7, 11) is 0. The quantitative estimate of drug-likeness (QED) is 0.0428. The third kappa shape index (κ3) is 29.4. The van der Waals surface area contributed by atoms with Gasteiger partial charge in [-0.05, 0) is 12.8 Å². The third-order valence-corrected chi connectivity index (χ3v) is 9.82. The molecule has 5 N–H and O–H groups in total. The zero-order valence-electron chi connectivity index (χ0n) is 30.8. The van der Waals surface area contributed by atoms with Gasteiger partial charge in [0.2, 0.25) is 5.91 Å². The number of rotatable bonds is 37. The highest BCUT2D eigenvalue weighted by Gasteiger charge is 2.28. The number of aliphatic hydroxyl groups excluding tert-OH is 4. The Morgan fingerprint density at radius 1 is 0.457 bits per heavy atom. The van der Waals surface area contributed by atoms with E-state index in [1.165, 1.54) is 154 Å². The first kappa shape index (κ1) is 45.3. The second-order valence-corrected chi connectivity index (χ2v) is 14.3. The maximum atomic E-state index is 12.5. The van der Waals surface area contributed by atoms with Crippen LogP contribution < -0.4 is 5.32 Å². The summed E-state index contributed by atoms with van der Waals surface area (Å²) in [5.41, 5.74) is 0. The molecule has 0 aromatic rings. The van der Waals surface area contributed by atoms with Crippen LogP contribution in [0.3, 0.4) is 0 Å². The molecule has 0 spiro atoms. The second-order valence-electron chi connectivity index (χ2n) is 14.3. The second kappa shape index (κ2) is 35.6. The fraction of sp³-hybridized carbons (Fsp3) is 0.975. The molecule has 0 heterocycles. The van der Waals surface area contributed by atoms with E-state index in [1.54, 1.807) is 0 Å². The van der Waals surface area contributed by atoms with Crippen LogP contribution in [0.1, 0.15) is 219 Å². The Balaban J connectivity index is 3.74. The molecule has 6 heteroatoms. The van der Waals surface area contributed by atoms with Crippen LogP contribution in [-0.2, 0) is 4.79 Å². The standard InChI is InChI=1S/C40H81NO5/c1-3-5-7-9-11-13-15-17-19-20-22-23-25-27-29-31-33-37(43)39(45)36(35-42)41-40(46)38(44)34-32-30-28-26-24-21-18-16-14-12-10-8-6-4-2/h36-39,42-45H,3-35H2,1-2H3,(H,41,46). The molecule has 0 bridgehead atoms. The van der Waals surface area contributed by atoms with Crippen molar-refractivity contribution < 1.29 is 25.2 Å². The summed E-state index contributed by atoms with van der Waals surface area (Å²) in [4.78, 5) is 12.5. The molecule has 0 saturated carbocycles. The normalized spacial score (nSPS) is 14.3. The highest BCUT2D eigenvalue weighted by Crippen LogP contribution is 2.17. The molecule has 0 fully saturated rings. The molecule has 0 aliphatic carbocycles. The van der Waals surface area contributed by atoms with Gasteiger partial charge in [0.05, 0.1) is 18.8 Å². The third-order valence-electron chi connectivity index (χ3n) is 9.82. The van der Waals surface area contributed by atoms with E-state index in [0.29, 0.717) is 12.8 Å². The fourth-order valence-electron chi connectivity index (χ4n) is 6.52. The van der Waals surface area contributed by atoms with E-state index in [0.717, 1.165) is 38.5 Å². The zero-order chi connectivity index (χ0) is 33.9. The Hall–Kier alpha value is -0.690. The minimum atomic E-state index is -1.25. The van der Waals surface area contributed by atoms with Crippen molar-refractivity contribution in [1.29, 1.82) is 0 Å². The average Bonchev–Trinajstić information content (AvgIpc) is 3.06. The molecule has 0 aromatic heterocycles. The molecule has 4 atom stereocenters. The number of hydrogen-bond acceptors (Lipinski definition) is 5. The number of amides is 1. The summed E-state index contributed by atoms with van der Waals surface area (Å²) in [5.74, 6) is -0.581. The Bertz CT molecular complexity index is 618. The largest absolute Gasteiger partial charge is 0.394 e. The molecular formula is C40H81NO5. The van der Waals surface area contributed by atoms with Gasteiger partial charge in [-0.15, -0.1) is 0 Å². The molecule has 1 amide bonds. The smallest absolute Gasteiger partial charge is 0.249 e. The van der Waals surface area contributed by atoms with Gasteiger partial charge in [0.1, 0.15) is 12.2 Å². The number of carbonyl (C=O) groups is 1. The predicted molar refractivity (Wildman–Crippen MR) is 196 cm³/mol. The fourth-order valence-corrected chi connectivity index (χ4v) is 6.52. The molecule has 0 radical (unpaired) electrons. The summed E-state index contributed by atoms with van der Waals surface area (Å²) < 4.78 is 0. The lowest BCUT2D eigenvalue weighted by molar-refractivity contribution is -0.132. The number of unbranched alkanes of at least 4 members (excludes halogenated alkanes) is 28. The van der Waals surface area contributed by atoms with Gasteiger partial charge in [-0.1, -0.05) is 206 Å². The molecule has 0 rings (SSSR count). The Kier molecular flexibility index (Phi) is 35.1. The zero-order valence-corrected chi connectivity index (χ0v) is 30.8. The van der Waals surface area contributed by atoms with Crippen LogP contribution in [0.25, 0.3) is 0 Å². The van der Waals surface area contributed by atoms with Crippen molar-refractivity contribution in [3.8, 4) is 0 Å². The van der Waals surface area contributed by atoms with E-state index in [9.17, 15) is 25.2 Å². The maximum Gasteiger partial charge on any atom is 0.249 e. The van der Waals surface area contributed by atoms with Crippen molar-refractivity contribution >= 4 is 5.91 Å². The molecule has 0 aliphatic rings. The first-order chi connectivity index (χ1) is 22.5. The van der Waals surface area contributed by atoms with Crippen molar-refractivity contribution in [2.24, 2.45) is 0 Å². The average molecular weight is 656 g/mol. The van der Waals surface area contributed by atoms with E-state index in [2.05, 4.69) is 19.2 Å². The van der Waals surface area contributed by atoms with Crippen molar-refractivity contribution in [3.63, 3.8) is 0 Å². The minimum absolute atomic E-state index is 0.375. The van der Waals surface area contributed by atoms with Crippen LogP contribution in [-0.4, -0.2) is 57.3 Å². The molecule has 6 nitrogen and oxygen atoms in total. The number of aliphatic hydroxyl groups is 4. The van der Waals surface area contributed by atoms with Crippen LogP contribution in [0.15, 0.2) is 0 Å². The van der Waals surface area contributed by atoms with Gasteiger partial charge in [0, 0.05) is 0 Å². The molecule has 276 valence electrons. The predicted octanol–water partition coefficient (Wildman–Crippen LogP) is 10.1. The SMILES string of the molecule is CCCCCCCCCCCCCCCCCCC(O)C(O)C(CO)NC(=O)C(O)CCCCCCCCCCCCCCCC. The Labute approximate surface area is 286 Å². The number of hydrogen-bond donors (Lipinski definition) is 5. The minimum Gasteiger partial charge on any atom is -0.394 e. The summed E-state index contributed by atoms with van der Waals surface area (Å²) >= 11 is 0. The van der Waals surface area contributed by atoms with Gasteiger partial charge in [0.15, 0.2) is 0 Å². The summed E-state index contributed by atoms with van der Waals surface area (Å²) in [6.45, 7) is 4.05. The first-order valence-corrected chi connectivity index (χ1v) is 20.4. The van der Waals surface area contributed by atoms with Crippen LogP contribution in [0.5, 0.6) is 0 Å². The van der Waals surface area contributed by atoms with Crippen LogP contribution in [0.4, 0.5) is 0 Å². The van der Waals surface area contributed by atoms with Gasteiger partial charge in [-0.2, -0.15) is 0 Å². The highest BCUT2D eigenvalue weighted by molar-refractivity contribution is 5.80. The first-order valence-electron chi connectivity index (χ1n) is 20.4. The summed E-state index contributed by atoms with van der Waals surface area (Å²) in [5, 5.41) is 43.6. The maximum absolute atomic E-state index is 12.5. The number of carbonyl (C=O) groups excluding carboxylic acids is 1. The summed E-state index contributed by atoms with van der Waals surface area (Å²) in [6, 6.07) is -0.977.